The number of hydrogen-bond acceptors (Lipinski definition) is 3. The Kier molecular flexibility index (Phi) is 4.40. The van der Waals surface area contributed by atoms with E-state index in [1.165, 1.54) is 4.52 Å². The third-order valence-corrected chi connectivity index (χ3v) is 5.97. The number of aromatic nitrogens is 4. The first-order chi connectivity index (χ1) is 16.2. The van der Waals surface area contributed by atoms with E-state index in [1.54, 1.807) is 6.20 Å². The van der Waals surface area contributed by atoms with Crippen molar-refractivity contribution in [1.29, 1.82) is 0 Å². The van der Waals surface area contributed by atoms with Crippen LogP contribution >= 0.6 is 0 Å². The molecule has 0 radical (unpaired) electrons. The molecule has 0 aliphatic rings. The van der Waals surface area contributed by atoms with Gasteiger partial charge in [0.05, 0.1) is 16.6 Å². The highest BCUT2D eigenvalue weighted by molar-refractivity contribution is 5.91. The van der Waals surface area contributed by atoms with Crippen molar-refractivity contribution >= 4 is 16.6 Å². The predicted octanol–water partition coefficient (Wildman–Crippen LogP) is 5.88. The number of fused-ring (bicyclic) bond motifs is 2. The zero-order valence-electron chi connectivity index (χ0n) is 18.0. The van der Waals surface area contributed by atoms with Crippen molar-refractivity contribution in [3.05, 3.63) is 113 Å². The van der Waals surface area contributed by atoms with Crippen LogP contribution in [0.1, 0.15) is 5.69 Å². The fourth-order valence-electron chi connectivity index (χ4n) is 4.43. The van der Waals surface area contributed by atoms with Gasteiger partial charge in [0, 0.05) is 22.8 Å². The quantitative estimate of drug-likeness (QED) is 0.383. The van der Waals surface area contributed by atoms with Crippen molar-refractivity contribution in [3.63, 3.8) is 0 Å². The topological polar surface area (TPSA) is 63.1 Å². The fourth-order valence-corrected chi connectivity index (χ4v) is 4.43. The molecule has 0 fully saturated rings. The van der Waals surface area contributed by atoms with Gasteiger partial charge in [-0.3, -0.25) is 9.78 Å². The van der Waals surface area contributed by atoms with Gasteiger partial charge in [0.15, 0.2) is 0 Å². The molecule has 0 saturated heterocycles. The summed E-state index contributed by atoms with van der Waals surface area (Å²) >= 11 is 0. The summed E-state index contributed by atoms with van der Waals surface area (Å²) in [7, 11) is 0. The standard InChI is InChI=1S/C28H20N4O/c1-18-24(22-14-15-23-21(17-22)13-8-16-29-23)28(33)32-27(30-18)25(19-9-4-2-5-10-19)26(31-32)20-11-6-3-7-12-20/h2-17,30H,1H3. The van der Waals surface area contributed by atoms with Gasteiger partial charge in [-0.2, -0.15) is 9.61 Å². The summed E-state index contributed by atoms with van der Waals surface area (Å²) in [6.07, 6.45) is 1.77. The minimum atomic E-state index is -0.149. The summed E-state index contributed by atoms with van der Waals surface area (Å²) in [6.45, 7) is 1.94. The van der Waals surface area contributed by atoms with Crippen LogP contribution in [0.25, 0.3) is 50.1 Å². The Bertz CT molecular complexity index is 1680. The second-order valence-electron chi connectivity index (χ2n) is 8.06. The molecule has 0 amide bonds. The molecule has 3 heterocycles. The van der Waals surface area contributed by atoms with Gasteiger partial charge < -0.3 is 4.98 Å². The predicted molar refractivity (Wildman–Crippen MR) is 132 cm³/mol. The van der Waals surface area contributed by atoms with Crippen LogP contribution in [-0.2, 0) is 0 Å². The van der Waals surface area contributed by atoms with Crippen LogP contribution in [0.4, 0.5) is 0 Å². The van der Waals surface area contributed by atoms with Gasteiger partial charge in [-0.1, -0.05) is 72.8 Å². The maximum atomic E-state index is 13.8. The number of H-pyrrole nitrogens is 1. The molecule has 158 valence electrons. The molecule has 5 heteroatoms. The number of aromatic amines is 1. The second-order valence-corrected chi connectivity index (χ2v) is 8.06. The minimum Gasteiger partial charge on any atom is -0.343 e. The summed E-state index contributed by atoms with van der Waals surface area (Å²) in [5.74, 6) is 0. The highest BCUT2D eigenvalue weighted by Gasteiger charge is 2.21. The molecule has 33 heavy (non-hydrogen) atoms. The molecule has 0 atom stereocenters. The highest BCUT2D eigenvalue weighted by Crippen LogP contribution is 2.34. The molecule has 0 bridgehead atoms. The maximum absolute atomic E-state index is 13.8. The molecule has 0 saturated carbocycles. The van der Waals surface area contributed by atoms with Gasteiger partial charge in [-0.25, -0.2) is 0 Å². The van der Waals surface area contributed by atoms with Crippen molar-refractivity contribution in [3.8, 4) is 33.5 Å². The van der Waals surface area contributed by atoms with Crippen LogP contribution in [0.5, 0.6) is 0 Å². The lowest BCUT2D eigenvalue weighted by Gasteiger charge is -2.09. The first-order valence-corrected chi connectivity index (χ1v) is 10.8. The zero-order valence-corrected chi connectivity index (χ0v) is 18.0. The van der Waals surface area contributed by atoms with Crippen LogP contribution in [0.15, 0.2) is 102 Å². The van der Waals surface area contributed by atoms with Crippen LogP contribution in [0.2, 0.25) is 0 Å². The average molecular weight is 428 g/mol. The summed E-state index contributed by atoms with van der Waals surface area (Å²) in [4.78, 5) is 21.7. The van der Waals surface area contributed by atoms with E-state index >= 15 is 0 Å². The van der Waals surface area contributed by atoms with Gasteiger partial charge in [0.1, 0.15) is 11.3 Å². The molecule has 6 rings (SSSR count). The molecule has 5 nitrogen and oxygen atoms in total. The van der Waals surface area contributed by atoms with Crippen molar-refractivity contribution in [2.45, 2.75) is 6.92 Å². The molecule has 3 aromatic heterocycles. The molecular formula is C28H20N4O. The molecule has 0 aliphatic heterocycles. The average Bonchev–Trinajstić information content (AvgIpc) is 3.24. The first kappa shape index (κ1) is 19.2. The van der Waals surface area contributed by atoms with Gasteiger partial charge in [0.2, 0.25) is 0 Å². The largest absolute Gasteiger partial charge is 0.343 e. The lowest BCUT2D eigenvalue weighted by atomic mass is 10.0. The van der Waals surface area contributed by atoms with Crippen molar-refractivity contribution in [2.75, 3.05) is 0 Å². The lowest BCUT2D eigenvalue weighted by molar-refractivity contribution is 0.897. The second kappa shape index (κ2) is 7.57. The third-order valence-electron chi connectivity index (χ3n) is 5.97. The van der Waals surface area contributed by atoms with E-state index in [1.807, 2.05) is 97.9 Å². The highest BCUT2D eigenvalue weighted by atomic mass is 16.1. The van der Waals surface area contributed by atoms with Crippen LogP contribution in [0.3, 0.4) is 0 Å². The van der Waals surface area contributed by atoms with Gasteiger partial charge in [0.25, 0.3) is 5.56 Å². The van der Waals surface area contributed by atoms with Gasteiger partial charge in [-0.15, -0.1) is 0 Å². The molecule has 3 aromatic carbocycles. The number of hydrogen-bond donors (Lipinski definition) is 1. The monoisotopic (exact) mass is 428 g/mol. The normalized spacial score (nSPS) is 11.3. The number of nitrogens with one attached hydrogen (secondary N) is 1. The zero-order chi connectivity index (χ0) is 22.4. The van der Waals surface area contributed by atoms with E-state index in [0.717, 1.165) is 44.5 Å². The van der Waals surface area contributed by atoms with Gasteiger partial charge in [-0.05, 0) is 36.2 Å². The van der Waals surface area contributed by atoms with Crippen molar-refractivity contribution in [2.24, 2.45) is 0 Å². The van der Waals surface area contributed by atoms with Crippen LogP contribution in [0, 0.1) is 6.92 Å². The Morgan fingerprint density at radius 3 is 2.24 bits per heavy atom. The number of nitrogens with zero attached hydrogens (tertiary/aromatic N) is 3. The number of rotatable bonds is 3. The van der Waals surface area contributed by atoms with Crippen LogP contribution < -0.4 is 5.56 Å². The third kappa shape index (κ3) is 3.13. The Hall–Kier alpha value is -4.51. The maximum Gasteiger partial charge on any atom is 0.282 e. The van der Waals surface area contributed by atoms with Crippen LogP contribution in [-0.4, -0.2) is 19.6 Å². The van der Waals surface area contributed by atoms with Crippen molar-refractivity contribution < 1.29 is 0 Å². The first-order valence-electron chi connectivity index (χ1n) is 10.8. The van der Waals surface area contributed by atoms with E-state index in [0.29, 0.717) is 11.2 Å². The fraction of sp³-hybridized carbons (Fsp3) is 0.0357. The summed E-state index contributed by atoms with van der Waals surface area (Å²) in [5, 5.41) is 5.80. The molecule has 0 aliphatic carbocycles. The Morgan fingerprint density at radius 2 is 1.48 bits per heavy atom. The van der Waals surface area contributed by atoms with E-state index in [2.05, 4.69) is 9.97 Å². The molecule has 1 N–H and O–H groups in total. The smallest absolute Gasteiger partial charge is 0.282 e. The molecule has 6 aromatic rings. The summed E-state index contributed by atoms with van der Waals surface area (Å²) < 4.78 is 1.50. The minimum absolute atomic E-state index is 0.149. The number of aryl methyl sites for hydroxylation is 1. The van der Waals surface area contributed by atoms with Crippen molar-refractivity contribution in [1.82, 2.24) is 19.6 Å². The molecular weight excluding hydrogens is 408 g/mol. The Morgan fingerprint density at radius 1 is 0.758 bits per heavy atom. The summed E-state index contributed by atoms with van der Waals surface area (Å²) in [6, 6.07) is 29.8. The van der Waals surface area contributed by atoms with Gasteiger partial charge >= 0.3 is 0 Å². The van der Waals surface area contributed by atoms with E-state index in [4.69, 9.17) is 5.10 Å². The van der Waals surface area contributed by atoms with E-state index in [-0.39, 0.29) is 5.56 Å². The summed E-state index contributed by atoms with van der Waals surface area (Å²) in [5.41, 5.74) is 7.34. The molecule has 0 unspecified atom stereocenters. The Balaban J connectivity index is 1.66. The van der Waals surface area contributed by atoms with E-state index in [9.17, 15) is 4.79 Å². The number of pyridine rings is 1. The van der Waals surface area contributed by atoms with E-state index < -0.39 is 0 Å². The lowest BCUT2D eigenvalue weighted by Crippen LogP contribution is -2.19. The molecule has 0 spiro atoms. The Labute approximate surface area is 190 Å². The SMILES string of the molecule is Cc1[nH]c2c(-c3ccccc3)c(-c3ccccc3)nn2c(=O)c1-c1ccc2ncccc2c1. The number of benzene rings is 3.